The molecule has 0 radical (unpaired) electrons. The van der Waals surface area contributed by atoms with Crippen LogP contribution in [0.3, 0.4) is 0 Å². The first-order chi connectivity index (χ1) is 13.0. The second-order valence-corrected chi connectivity index (χ2v) is 6.71. The summed E-state index contributed by atoms with van der Waals surface area (Å²) in [4.78, 5) is 25.7. The summed E-state index contributed by atoms with van der Waals surface area (Å²) in [6.07, 6.45) is 0.979. The summed E-state index contributed by atoms with van der Waals surface area (Å²) < 4.78 is 5.37. The molecule has 3 rings (SSSR count). The lowest BCUT2D eigenvalue weighted by atomic mass is 10.1. The minimum absolute atomic E-state index is 0.0625. The first kappa shape index (κ1) is 19.1. The minimum atomic E-state index is -0.533. The van der Waals surface area contributed by atoms with Gasteiger partial charge in [0.05, 0.1) is 24.5 Å². The van der Waals surface area contributed by atoms with E-state index in [1.54, 1.807) is 18.2 Å². The highest BCUT2D eigenvalue weighted by atomic mass is 16.5. The van der Waals surface area contributed by atoms with Gasteiger partial charge >= 0.3 is 0 Å². The van der Waals surface area contributed by atoms with Crippen molar-refractivity contribution in [3.8, 4) is 0 Å². The Morgan fingerprint density at radius 2 is 1.81 bits per heavy atom. The Morgan fingerprint density at radius 3 is 2.44 bits per heavy atom. The number of nitrogens with zero attached hydrogens (tertiary/aromatic N) is 1. The van der Waals surface area contributed by atoms with Crippen LogP contribution in [0, 0.1) is 0 Å². The average molecular weight is 367 g/mol. The third kappa shape index (κ3) is 5.15. The summed E-state index contributed by atoms with van der Waals surface area (Å²) in [6.45, 7) is 6.10. The molecule has 2 aromatic rings. The Balaban J connectivity index is 1.67. The van der Waals surface area contributed by atoms with E-state index < -0.39 is 5.91 Å². The molecule has 1 heterocycles. The molecule has 6 nitrogen and oxygen atoms in total. The Labute approximate surface area is 159 Å². The van der Waals surface area contributed by atoms with Gasteiger partial charge in [-0.05, 0) is 43.2 Å². The van der Waals surface area contributed by atoms with Crippen molar-refractivity contribution in [3.63, 3.8) is 0 Å². The normalized spacial score (nSPS) is 14.7. The number of hydrogen-bond acceptors (Lipinski definition) is 5. The van der Waals surface area contributed by atoms with E-state index in [1.807, 2.05) is 12.1 Å². The third-order valence-electron chi connectivity index (χ3n) is 4.74. The molecule has 1 fully saturated rings. The van der Waals surface area contributed by atoms with E-state index in [4.69, 9.17) is 10.5 Å². The zero-order valence-electron chi connectivity index (χ0n) is 15.5. The number of ketones is 1. The number of rotatable bonds is 7. The van der Waals surface area contributed by atoms with Gasteiger partial charge in [0.2, 0.25) is 0 Å². The number of anilines is 2. The van der Waals surface area contributed by atoms with Crippen LogP contribution >= 0.6 is 0 Å². The van der Waals surface area contributed by atoms with Gasteiger partial charge in [-0.3, -0.25) is 14.5 Å². The lowest BCUT2D eigenvalue weighted by Crippen LogP contribution is -2.37. The number of hydrogen-bond donors (Lipinski definition) is 2. The van der Waals surface area contributed by atoms with Crippen LogP contribution in [0.25, 0.3) is 0 Å². The molecule has 142 valence electrons. The van der Waals surface area contributed by atoms with Gasteiger partial charge < -0.3 is 15.8 Å². The number of nitrogens with one attached hydrogen (secondary N) is 1. The van der Waals surface area contributed by atoms with Gasteiger partial charge in [-0.25, -0.2) is 0 Å². The Morgan fingerprint density at radius 1 is 1.11 bits per heavy atom. The summed E-state index contributed by atoms with van der Waals surface area (Å²) in [7, 11) is 0. The first-order valence-electron chi connectivity index (χ1n) is 9.14. The van der Waals surface area contributed by atoms with Crippen molar-refractivity contribution < 1.29 is 14.3 Å². The molecule has 1 saturated heterocycles. The van der Waals surface area contributed by atoms with Gasteiger partial charge in [0.1, 0.15) is 0 Å². The molecule has 0 saturated carbocycles. The SMILES string of the molecule is CC(=O)c1ccc(C(N)=O)c(Nc2ccc(CCN3CCOCC3)cc2)c1. The monoisotopic (exact) mass is 367 g/mol. The van der Waals surface area contributed by atoms with E-state index in [0.29, 0.717) is 16.8 Å². The molecular weight excluding hydrogens is 342 g/mol. The quantitative estimate of drug-likeness (QED) is 0.735. The average Bonchev–Trinajstić information content (AvgIpc) is 2.68. The fraction of sp³-hybridized carbons (Fsp3) is 0.333. The number of benzene rings is 2. The molecule has 0 aliphatic carbocycles. The molecular formula is C21H25N3O3. The number of carbonyl (C=O) groups excluding carboxylic acids is 2. The lowest BCUT2D eigenvalue weighted by molar-refractivity contribution is 0.0384. The first-order valence-corrected chi connectivity index (χ1v) is 9.14. The second-order valence-electron chi connectivity index (χ2n) is 6.71. The summed E-state index contributed by atoms with van der Waals surface area (Å²) in [5.41, 5.74) is 8.97. The Bertz CT molecular complexity index is 812. The predicted molar refractivity (Wildman–Crippen MR) is 106 cm³/mol. The summed E-state index contributed by atoms with van der Waals surface area (Å²) in [5, 5.41) is 3.20. The fourth-order valence-corrected chi connectivity index (χ4v) is 3.10. The van der Waals surface area contributed by atoms with Gasteiger partial charge in [-0.15, -0.1) is 0 Å². The highest BCUT2D eigenvalue weighted by molar-refractivity contribution is 6.02. The van der Waals surface area contributed by atoms with Crippen molar-refractivity contribution in [2.24, 2.45) is 5.73 Å². The highest BCUT2D eigenvalue weighted by Gasteiger charge is 2.12. The van der Waals surface area contributed by atoms with Crippen LogP contribution in [0.1, 0.15) is 33.2 Å². The van der Waals surface area contributed by atoms with Crippen LogP contribution in [0.4, 0.5) is 11.4 Å². The summed E-state index contributed by atoms with van der Waals surface area (Å²) in [5.74, 6) is -0.595. The molecule has 27 heavy (non-hydrogen) atoms. The van der Waals surface area contributed by atoms with Crippen LogP contribution in [0.5, 0.6) is 0 Å². The van der Waals surface area contributed by atoms with Crippen molar-refractivity contribution in [2.45, 2.75) is 13.3 Å². The number of morpholine rings is 1. The van der Waals surface area contributed by atoms with Gasteiger partial charge in [-0.2, -0.15) is 0 Å². The zero-order chi connectivity index (χ0) is 19.2. The van der Waals surface area contributed by atoms with Gasteiger partial charge in [0.15, 0.2) is 5.78 Å². The molecule has 1 aliphatic heterocycles. The zero-order valence-corrected chi connectivity index (χ0v) is 15.5. The number of ether oxygens (including phenoxy) is 1. The molecule has 0 aromatic heterocycles. The molecule has 0 bridgehead atoms. The van der Waals surface area contributed by atoms with Crippen LogP contribution in [0.15, 0.2) is 42.5 Å². The topological polar surface area (TPSA) is 84.7 Å². The predicted octanol–water partition coefficient (Wildman–Crippen LogP) is 2.61. The Kier molecular flexibility index (Phi) is 6.21. The number of nitrogens with two attached hydrogens (primary N) is 1. The van der Waals surface area contributed by atoms with Gasteiger partial charge in [0.25, 0.3) is 5.91 Å². The van der Waals surface area contributed by atoms with Crippen molar-refractivity contribution in [1.82, 2.24) is 4.90 Å². The van der Waals surface area contributed by atoms with Crippen LogP contribution in [0.2, 0.25) is 0 Å². The minimum Gasteiger partial charge on any atom is -0.379 e. The van der Waals surface area contributed by atoms with E-state index in [0.717, 1.165) is 45.0 Å². The van der Waals surface area contributed by atoms with Crippen molar-refractivity contribution >= 4 is 23.1 Å². The van der Waals surface area contributed by atoms with E-state index in [-0.39, 0.29) is 5.78 Å². The standard InChI is InChI=1S/C21H25N3O3/c1-15(25)17-4-7-19(21(22)26)20(14-17)23-18-5-2-16(3-6-18)8-9-24-10-12-27-13-11-24/h2-7,14,23H,8-13H2,1H3,(H2,22,26). The summed E-state index contributed by atoms with van der Waals surface area (Å²) in [6, 6.07) is 12.9. The molecule has 2 aromatic carbocycles. The Hall–Kier alpha value is -2.70. The highest BCUT2D eigenvalue weighted by Crippen LogP contribution is 2.23. The number of Topliss-reactive ketones (excluding diaryl/α,β-unsaturated/α-hetero) is 1. The van der Waals surface area contributed by atoms with E-state index >= 15 is 0 Å². The van der Waals surface area contributed by atoms with Crippen molar-refractivity contribution in [3.05, 3.63) is 59.2 Å². The van der Waals surface area contributed by atoms with Crippen LogP contribution in [-0.4, -0.2) is 49.4 Å². The van der Waals surface area contributed by atoms with Crippen LogP contribution in [-0.2, 0) is 11.2 Å². The fourth-order valence-electron chi connectivity index (χ4n) is 3.10. The van der Waals surface area contributed by atoms with Crippen molar-refractivity contribution in [2.75, 3.05) is 38.2 Å². The van der Waals surface area contributed by atoms with E-state index in [1.165, 1.54) is 12.5 Å². The maximum atomic E-state index is 11.7. The molecule has 0 atom stereocenters. The number of amides is 1. The molecule has 0 unspecified atom stereocenters. The van der Waals surface area contributed by atoms with Gasteiger partial charge in [0, 0.05) is 30.9 Å². The molecule has 6 heteroatoms. The maximum absolute atomic E-state index is 11.7. The molecule has 3 N–H and O–H groups in total. The smallest absolute Gasteiger partial charge is 0.250 e. The molecule has 1 aliphatic rings. The number of carbonyl (C=O) groups is 2. The molecule has 1 amide bonds. The van der Waals surface area contributed by atoms with E-state index in [2.05, 4.69) is 22.3 Å². The number of primary amides is 1. The van der Waals surface area contributed by atoms with Crippen molar-refractivity contribution in [1.29, 1.82) is 0 Å². The molecule has 0 spiro atoms. The van der Waals surface area contributed by atoms with Gasteiger partial charge in [-0.1, -0.05) is 18.2 Å². The van der Waals surface area contributed by atoms with Crippen LogP contribution < -0.4 is 11.1 Å². The largest absolute Gasteiger partial charge is 0.379 e. The third-order valence-corrected chi connectivity index (χ3v) is 4.74. The van der Waals surface area contributed by atoms with E-state index in [9.17, 15) is 9.59 Å². The summed E-state index contributed by atoms with van der Waals surface area (Å²) >= 11 is 0. The maximum Gasteiger partial charge on any atom is 0.250 e. The second kappa shape index (κ2) is 8.79. The lowest BCUT2D eigenvalue weighted by Gasteiger charge is -2.26.